The normalized spacial score (nSPS) is 11.3. The third-order valence-electron chi connectivity index (χ3n) is 6.37. The number of Topliss-reactive ketones (excluding diaryl/α,β-unsaturated/α-hetero) is 1. The zero-order chi connectivity index (χ0) is 25.4. The van der Waals surface area contributed by atoms with Crippen LogP contribution in [0.2, 0.25) is 0 Å². The van der Waals surface area contributed by atoms with Gasteiger partial charge in [-0.05, 0) is 48.7 Å². The van der Waals surface area contributed by atoms with Crippen molar-refractivity contribution in [3.63, 3.8) is 0 Å². The third kappa shape index (κ3) is 4.57. The molecule has 0 unspecified atom stereocenters. The monoisotopic (exact) mass is 502 g/mol. The van der Waals surface area contributed by atoms with E-state index in [4.69, 9.17) is 4.98 Å². The average Bonchev–Trinajstić information content (AvgIpc) is 3.37. The molecule has 1 N–H and O–H groups in total. The summed E-state index contributed by atoms with van der Waals surface area (Å²) in [5.74, 6) is -0.119. The molecule has 0 aliphatic heterocycles. The highest BCUT2D eigenvalue weighted by Crippen LogP contribution is 2.36. The molecule has 6 nitrogen and oxygen atoms in total. The van der Waals surface area contributed by atoms with Gasteiger partial charge in [-0.15, -0.1) is 11.3 Å². The molecule has 180 valence electrons. The smallest absolute Gasteiger partial charge is 0.191 e. The highest BCUT2D eigenvalue weighted by atomic mass is 32.1. The second-order valence-electron chi connectivity index (χ2n) is 8.89. The Morgan fingerprint density at radius 3 is 2.65 bits per heavy atom. The lowest BCUT2D eigenvalue weighted by Gasteiger charge is -2.11. The van der Waals surface area contributed by atoms with Crippen molar-refractivity contribution in [2.75, 3.05) is 0 Å². The van der Waals surface area contributed by atoms with Crippen LogP contribution in [-0.4, -0.2) is 25.7 Å². The van der Waals surface area contributed by atoms with E-state index < -0.39 is 0 Å². The van der Waals surface area contributed by atoms with Gasteiger partial charge in [-0.1, -0.05) is 42.5 Å². The Bertz CT molecular complexity index is 1840. The number of aryl methyl sites for hydroxylation is 2. The van der Waals surface area contributed by atoms with Crippen molar-refractivity contribution in [1.82, 2.24) is 19.9 Å². The minimum Gasteiger partial charge on any atom is -0.337 e. The first kappa shape index (κ1) is 22.9. The van der Waals surface area contributed by atoms with Crippen molar-refractivity contribution in [2.24, 2.45) is 0 Å². The van der Waals surface area contributed by atoms with Crippen LogP contribution in [0, 0.1) is 6.92 Å². The van der Waals surface area contributed by atoms with Gasteiger partial charge < -0.3 is 4.98 Å². The van der Waals surface area contributed by atoms with Gasteiger partial charge in [0.25, 0.3) is 0 Å². The van der Waals surface area contributed by atoms with E-state index in [0.29, 0.717) is 29.6 Å². The molecule has 0 aliphatic rings. The number of aromatic nitrogens is 4. The summed E-state index contributed by atoms with van der Waals surface area (Å²) >= 11 is 1.54. The van der Waals surface area contributed by atoms with Crippen LogP contribution in [0.25, 0.3) is 43.6 Å². The van der Waals surface area contributed by atoms with Gasteiger partial charge in [-0.3, -0.25) is 14.6 Å². The number of H-pyrrole nitrogens is 1. The van der Waals surface area contributed by atoms with Gasteiger partial charge in [0, 0.05) is 35.8 Å². The number of aromatic amines is 1. The largest absolute Gasteiger partial charge is 0.337 e. The van der Waals surface area contributed by atoms with Crippen molar-refractivity contribution >= 4 is 39.1 Å². The van der Waals surface area contributed by atoms with Gasteiger partial charge in [-0.25, -0.2) is 9.97 Å². The molecule has 7 heteroatoms. The molecule has 0 atom stereocenters. The number of thiazole rings is 1. The zero-order valence-corrected chi connectivity index (χ0v) is 20.9. The van der Waals surface area contributed by atoms with Crippen LogP contribution >= 0.6 is 11.3 Å². The first-order chi connectivity index (χ1) is 18.0. The van der Waals surface area contributed by atoms with E-state index in [0.717, 1.165) is 37.5 Å². The first-order valence-electron chi connectivity index (χ1n) is 12.0. The van der Waals surface area contributed by atoms with E-state index in [9.17, 15) is 9.59 Å². The molecule has 4 aromatic heterocycles. The molecule has 2 aromatic carbocycles. The molecule has 37 heavy (non-hydrogen) atoms. The maximum atomic E-state index is 13.2. The number of benzene rings is 2. The molecule has 4 heterocycles. The number of ketones is 1. The maximum absolute atomic E-state index is 13.2. The Morgan fingerprint density at radius 2 is 1.84 bits per heavy atom. The highest BCUT2D eigenvalue weighted by Gasteiger charge is 2.18. The fourth-order valence-electron chi connectivity index (χ4n) is 4.48. The third-order valence-corrected chi connectivity index (χ3v) is 7.29. The molecule has 0 fully saturated rings. The molecule has 0 amide bonds. The second kappa shape index (κ2) is 9.52. The van der Waals surface area contributed by atoms with Crippen LogP contribution in [0.3, 0.4) is 0 Å². The summed E-state index contributed by atoms with van der Waals surface area (Å²) in [6, 6.07) is 23.0. The van der Waals surface area contributed by atoms with Gasteiger partial charge in [0.2, 0.25) is 0 Å². The summed E-state index contributed by atoms with van der Waals surface area (Å²) in [6.45, 7) is 1.95. The summed E-state index contributed by atoms with van der Waals surface area (Å²) < 4.78 is 0. The first-order valence-corrected chi connectivity index (χ1v) is 12.8. The van der Waals surface area contributed by atoms with Crippen LogP contribution in [0.15, 0.2) is 90.0 Å². The SMILES string of the molecule is Cc1ncc(-c2nc3[nH]c(C(=O)CCc4ccccc4)cc(=O)c3cc2-c2ccc3ncccc3c2)s1. The van der Waals surface area contributed by atoms with Crippen LogP contribution < -0.4 is 5.43 Å². The van der Waals surface area contributed by atoms with Gasteiger partial charge in [0.05, 0.1) is 32.2 Å². The van der Waals surface area contributed by atoms with E-state index in [1.807, 2.05) is 67.6 Å². The van der Waals surface area contributed by atoms with Crippen molar-refractivity contribution < 1.29 is 4.79 Å². The van der Waals surface area contributed by atoms with Crippen LogP contribution in [0.1, 0.15) is 27.5 Å². The molecule has 0 saturated heterocycles. The number of carbonyl (C=O) groups is 1. The lowest BCUT2D eigenvalue weighted by molar-refractivity contribution is 0.0978. The van der Waals surface area contributed by atoms with Crippen LogP contribution in [-0.2, 0) is 6.42 Å². The minimum atomic E-state index is -0.236. The summed E-state index contributed by atoms with van der Waals surface area (Å²) in [4.78, 5) is 43.9. The van der Waals surface area contributed by atoms with E-state index in [2.05, 4.69) is 21.0 Å². The molecule has 6 aromatic rings. The molecule has 6 rings (SSSR count). The number of hydrogen-bond donors (Lipinski definition) is 1. The van der Waals surface area contributed by atoms with Crippen molar-refractivity contribution in [3.8, 4) is 21.7 Å². The van der Waals surface area contributed by atoms with Crippen LogP contribution in [0.5, 0.6) is 0 Å². The summed E-state index contributed by atoms with van der Waals surface area (Å²) in [5.41, 5.74) is 4.88. The lowest BCUT2D eigenvalue weighted by Crippen LogP contribution is -2.12. The summed E-state index contributed by atoms with van der Waals surface area (Å²) in [6.07, 6.45) is 4.47. The van der Waals surface area contributed by atoms with E-state index in [1.54, 1.807) is 12.4 Å². The molecule has 0 radical (unpaired) electrons. The molecule has 0 bridgehead atoms. The predicted octanol–water partition coefficient (Wildman–Crippen LogP) is 6.39. The Morgan fingerprint density at radius 1 is 0.973 bits per heavy atom. The summed E-state index contributed by atoms with van der Waals surface area (Å²) in [7, 11) is 0. The molecular weight excluding hydrogens is 480 g/mol. The topological polar surface area (TPSA) is 88.6 Å². The Balaban J connectivity index is 1.46. The predicted molar refractivity (Wildman–Crippen MR) is 148 cm³/mol. The average molecular weight is 503 g/mol. The fourth-order valence-corrected chi connectivity index (χ4v) is 5.26. The van der Waals surface area contributed by atoms with Gasteiger partial charge >= 0.3 is 0 Å². The lowest BCUT2D eigenvalue weighted by atomic mass is 9.99. The highest BCUT2D eigenvalue weighted by molar-refractivity contribution is 7.15. The Labute approximate surface area is 216 Å². The maximum Gasteiger partial charge on any atom is 0.191 e. The van der Waals surface area contributed by atoms with E-state index in [-0.39, 0.29) is 16.9 Å². The minimum absolute atomic E-state index is 0.119. The van der Waals surface area contributed by atoms with Crippen molar-refractivity contribution in [1.29, 1.82) is 0 Å². The molecular formula is C30H22N4O2S. The van der Waals surface area contributed by atoms with Crippen molar-refractivity contribution in [3.05, 3.63) is 112 Å². The number of fused-ring (bicyclic) bond motifs is 2. The number of pyridine rings is 3. The van der Waals surface area contributed by atoms with E-state index in [1.165, 1.54) is 17.4 Å². The van der Waals surface area contributed by atoms with Gasteiger partial charge in [0.1, 0.15) is 5.65 Å². The number of nitrogens with one attached hydrogen (secondary N) is 1. The number of hydrogen-bond acceptors (Lipinski definition) is 6. The second-order valence-corrected chi connectivity index (χ2v) is 10.1. The number of nitrogens with zero attached hydrogens (tertiary/aromatic N) is 3. The van der Waals surface area contributed by atoms with Gasteiger partial charge in [0.15, 0.2) is 11.2 Å². The standard InChI is InChI=1S/C30H22N4O2S/c1-18-32-17-28(37-18)29-22(20-10-11-24-21(14-20)8-5-13-31-24)15-23-27(36)16-25(33-30(23)34-29)26(35)12-9-19-6-3-2-4-7-19/h2-8,10-11,13-17H,9,12H2,1H3,(H,33,34,36). The number of rotatable bonds is 6. The molecule has 0 spiro atoms. The summed E-state index contributed by atoms with van der Waals surface area (Å²) in [5, 5.41) is 2.36. The van der Waals surface area contributed by atoms with Crippen molar-refractivity contribution in [2.45, 2.75) is 19.8 Å². The zero-order valence-electron chi connectivity index (χ0n) is 20.1. The fraction of sp³-hybridized carbons (Fsp3) is 0.100. The van der Waals surface area contributed by atoms with Crippen LogP contribution in [0.4, 0.5) is 0 Å². The quantitative estimate of drug-likeness (QED) is 0.267. The molecule has 0 saturated carbocycles. The Hall–Kier alpha value is -4.49. The van der Waals surface area contributed by atoms with Gasteiger partial charge in [-0.2, -0.15) is 0 Å². The number of carbonyl (C=O) groups excluding carboxylic acids is 1. The molecule has 0 aliphatic carbocycles. The Kier molecular flexibility index (Phi) is 5.90. The van der Waals surface area contributed by atoms with E-state index >= 15 is 0 Å².